The Hall–Kier alpha value is -1.26. The van der Waals surface area contributed by atoms with Crippen LogP contribution >= 0.6 is 11.3 Å². The van der Waals surface area contributed by atoms with Gasteiger partial charge < -0.3 is 5.32 Å². The Kier molecular flexibility index (Phi) is 3.15. The lowest BCUT2D eigenvalue weighted by atomic mass is 10.2. The smallest absolute Gasteiger partial charge is 0.123 e. The van der Waals surface area contributed by atoms with Crippen LogP contribution in [-0.4, -0.2) is 11.0 Å². The van der Waals surface area contributed by atoms with Crippen LogP contribution in [0.15, 0.2) is 29.6 Å². The van der Waals surface area contributed by atoms with Crippen molar-refractivity contribution in [3.05, 3.63) is 41.2 Å². The Morgan fingerprint density at radius 1 is 1.37 bits per heavy atom. The van der Waals surface area contributed by atoms with Crippen molar-refractivity contribution in [1.29, 1.82) is 0 Å². The van der Waals surface area contributed by atoms with Crippen LogP contribution < -0.4 is 5.32 Å². The maximum atomic E-state index is 12.9. The van der Waals surface area contributed by atoms with E-state index in [2.05, 4.69) is 29.5 Å². The van der Waals surface area contributed by atoms with Gasteiger partial charge in [-0.2, -0.15) is 0 Å². The van der Waals surface area contributed by atoms with Crippen molar-refractivity contribution in [2.24, 2.45) is 5.41 Å². The minimum atomic E-state index is -0.210. The van der Waals surface area contributed by atoms with Gasteiger partial charge in [0, 0.05) is 23.5 Å². The number of hydrogen-bond donors (Lipinski definition) is 1. The predicted octanol–water partition coefficient (Wildman–Crippen LogP) is 3.84. The number of aromatic nitrogens is 1. The second-order valence-electron chi connectivity index (χ2n) is 5.78. The molecule has 0 spiro atoms. The third-order valence-electron chi connectivity index (χ3n) is 3.69. The van der Waals surface area contributed by atoms with Gasteiger partial charge in [-0.15, -0.1) is 11.3 Å². The van der Waals surface area contributed by atoms with Crippen LogP contribution in [0.25, 0.3) is 10.6 Å². The lowest BCUT2D eigenvalue weighted by Gasteiger charge is -2.04. The molecule has 0 bridgehead atoms. The zero-order valence-electron chi connectivity index (χ0n) is 11.1. The van der Waals surface area contributed by atoms with E-state index in [1.807, 2.05) is 0 Å². The highest BCUT2D eigenvalue weighted by molar-refractivity contribution is 7.13. The fourth-order valence-electron chi connectivity index (χ4n) is 2.16. The van der Waals surface area contributed by atoms with E-state index in [9.17, 15) is 4.39 Å². The highest BCUT2D eigenvalue weighted by atomic mass is 32.1. The summed E-state index contributed by atoms with van der Waals surface area (Å²) < 4.78 is 12.9. The molecule has 1 aliphatic carbocycles. The van der Waals surface area contributed by atoms with Crippen LogP contribution in [0.5, 0.6) is 0 Å². The van der Waals surface area contributed by atoms with Crippen LogP contribution in [-0.2, 0) is 6.54 Å². The molecule has 19 heavy (non-hydrogen) atoms. The number of thiazole rings is 1. The van der Waals surface area contributed by atoms with Gasteiger partial charge in [0.1, 0.15) is 10.8 Å². The number of rotatable bonds is 4. The van der Waals surface area contributed by atoms with Gasteiger partial charge >= 0.3 is 0 Å². The highest BCUT2D eigenvalue weighted by Crippen LogP contribution is 2.44. The summed E-state index contributed by atoms with van der Waals surface area (Å²) in [6, 6.07) is 7.11. The fraction of sp³-hybridized carbons (Fsp3) is 0.400. The van der Waals surface area contributed by atoms with E-state index in [0.29, 0.717) is 11.5 Å². The molecule has 0 aliphatic heterocycles. The normalized spacial score (nSPS) is 20.5. The van der Waals surface area contributed by atoms with Gasteiger partial charge in [-0.25, -0.2) is 9.37 Å². The average molecular weight is 276 g/mol. The lowest BCUT2D eigenvalue weighted by Crippen LogP contribution is -2.20. The quantitative estimate of drug-likeness (QED) is 0.918. The maximum absolute atomic E-state index is 12.9. The first-order valence-corrected chi connectivity index (χ1v) is 7.36. The van der Waals surface area contributed by atoms with Gasteiger partial charge in [0.2, 0.25) is 0 Å². The monoisotopic (exact) mass is 276 g/mol. The van der Waals surface area contributed by atoms with Crippen molar-refractivity contribution in [3.8, 4) is 10.6 Å². The van der Waals surface area contributed by atoms with Crippen molar-refractivity contribution in [2.45, 2.75) is 32.9 Å². The third-order valence-corrected chi connectivity index (χ3v) is 4.63. The standard InChI is InChI=1S/C15H17FN2S/c1-15(2)7-13(15)17-8-12-9-19-14(18-12)10-3-5-11(16)6-4-10/h3-6,9,13,17H,7-8H2,1-2H3. The highest BCUT2D eigenvalue weighted by Gasteiger charge is 2.45. The molecule has 4 heteroatoms. The van der Waals surface area contributed by atoms with Crippen LogP contribution in [0.4, 0.5) is 4.39 Å². The van der Waals surface area contributed by atoms with Gasteiger partial charge in [-0.3, -0.25) is 0 Å². The van der Waals surface area contributed by atoms with Crippen LogP contribution in [0.2, 0.25) is 0 Å². The van der Waals surface area contributed by atoms with E-state index in [1.165, 1.54) is 18.6 Å². The molecule has 0 amide bonds. The van der Waals surface area contributed by atoms with E-state index in [0.717, 1.165) is 22.8 Å². The molecule has 0 saturated heterocycles. The molecule has 2 nitrogen and oxygen atoms in total. The average Bonchev–Trinajstić information content (AvgIpc) is 2.79. The van der Waals surface area contributed by atoms with Gasteiger partial charge in [0.25, 0.3) is 0 Å². The Morgan fingerprint density at radius 3 is 2.68 bits per heavy atom. The summed E-state index contributed by atoms with van der Waals surface area (Å²) in [6.07, 6.45) is 1.24. The molecule has 100 valence electrons. The molecular weight excluding hydrogens is 259 g/mol. The van der Waals surface area contributed by atoms with E-state index in [4.69, 9.17) is 0 Å². The summed E-state index contributed by atoms with van der Waals surface area (Å²) in [5.41, 5.74) is 2.48. The largest absolute Gasteiger partial charge is 0.308 e. The summed E-state index contributed by atoms with van der Waals surface area (Å²) in [5.74, 6) is -0.210. The summed E-state index contributed by atoms with van der Waals surface area (Å²) >= 11 is 1.61. The van der Waals surface area contributed by atoms with Crippen LogP contribution in [0.3, 0.4) is 0 Å². The van der Waals surface area contributed by atoms with E-state index < -0.39 is 0 Å². The molecule has 1 fully saturated rings. The number of halogens is 1. The predicted molar refractivity (Wildman–Crippen MR) is 76.5 cm³/mol. The van der Waals surface area contributed by atoms with Crippen molar-refractivity contribution in [1.82, 2.24) is 10.3 Å². The van der Waals surface area contributed by atoms with E-state index in [-0.39, 0.29) is 5.82 Å². The molecule has 1 atom stereocenters. The summed E-state index contributed by atoms with van der Waals surface area (Å²) in [4.78, 5) is 4.59. The number of nitrogens with zero attached hydrogens (tertiary/aromatic N) is 1. The summed E-state index contributed by atoms with van der Waals surface area (Å²) in [5, 5.41) is 6.54. The van der Waals surface area contributed by atoms with Crippen LogP contribution in [0, 0.1) is 11.2 Å². The minimum absolute atomic E-state index is 0.210. The first-order chi connectivity index (χ1) is 9.04. The Balaban J connectivity index is 1.64. The van der Waals surface area contributed by atoms with E-state index >= 15 is 0 Å². The van der Waals surface area contributed by atoms with Gasteiger partial charge in [0.15, 0.2) is 0 Å². The molecule has 2 aromatic rings. The van der Waals surface area contributed by atoms with Gasteiger partial charge in [-0.1, -0.05) is 13.8 Å². The van der Waals surface area contributed by atoms with Crippen molar-refractivity contribution < 1.29 is 4.39 Å². The molecule has 0 radical (unpaired) electrons. The number of hydrogen-bond acceptors (Lipinski definition) is 3. The molecule has 1 unspecified atom stereocenters. The Bertz CT molecular complexity index is 574. The molecule has 3 rings (SSSR count). The summed E-state index contributed by atoms with van der Waals surface area (Å²) in [7, 11) is 0. The number of nitrogens with one attached hydrogen (secondary N) is 1. The fourth-order valence-corrected chi connectivity index (χ4v) is 2.98. The maximum Gasteiger partial charge on any atom is 0.123 e. The van der Waals surface area contributed by atoms with Crippen molar-refractivity contribution in [3.63, 3.8) is 0 Å². The minimum Gasteiger partial charge on any atom is -0.308 e. The van der Waals surface area contributed by atoms with Crippen molar-refractivity contribution >= 4 is 11.3 Å². The molecule has 1 heterocycles. The Morgan fingerprint density at radius 2 is 2.05 bits per heavy atom. The summed E-state index contributed by atoms with van der Waals surface area (Å²) in [6.45, 7) is 5.36. The topological polar surface area (TPSA) is 24.9 Å². The molecule has 1 saturated carbocycles. The van der Waals surface area contributed by atoms with Gasteiger partial charge in [-0.05, 0) is 36.1 Å². The molecule has 1 aromatic heterocycles. The molecule has 1 aliphatic rings. The second kappa shape index (κ2) is 4.69. The zero-order valence-corrected chi connectivity index (χ0v) is 11.9. The van der Waals surface area contributed by atoms with Crippen LogP contribution in [0.1, 0.15) is 26.0 Å². The molecular formula is C15H17FN2S. The molecule has 1 aromatic carbocycles. The molecule has 1 N–H and O–H groups in total. The first kappa shape index (κ1) is 12.8. The Labute approximate surface area is 116 Å². The SMILES string of the molecule is CC1(C)CC1NCc1csc(-c2ccc(F)cc2)n1. The van der Waals surface area contributed by atoms with Gasteiger partial charge in [0.05, 0.1) is 5.69 Å². The first-order valence-electron chi connectivity index (χ1n) is 6.48. The van der Waals surface area contributed by atoms with Crippen molar-refractivity contribution in [2.75, 3.05) is 0 Å². The third kappa shape index (κ3) is 2.85. The van der Waals surface area contributed by atoms with E-state index in [1.54, 1.807) is 23.5 Å². The second-order valence-corrected chi connectivity index (χ2v) is 6.64. The number of benzene rings is 1. The lowest BCUT2D eigenvalue weighted by molar-refractivity contribution is 0.539. The zero-order chi connectivity index (χ0) is 13.5.